The minimum absolute atomic E-state index is 0.0131. The molecular formula is C28H35N5O4. The Morgan fingerprint density at radius 3 is 2.57 bits per heavy atom. The predicted octanol–water partition coefficient (Wildman–Crippen LogP) is 3.81. The van der Waals surface area contributed by atoms with Crippen LogP contribution >= 0.6 is 0 Å². The smallest absolute Gasteiger partial charge is 0.254 e. The SMILES string of the molecule is COc1cc(C(=O)N2CC3(COC3)C2)ccc1Nc1ccc2c(n1)N(C1CCCCC1)[C@@H](C)C(=O)N2C. The molecule has 2 amide bonds. The number of carbonyl (C=O) groups excluding carboxylic acids is 2. The molecule has 37 heavy (non-hydrogen) atoms. The Hall–Kier alpha value is -3.33. The molecule has 1 aromatic carbocycles. The number of likely N-dealkylation sites (N-methyl/N-ethyl adjacent to an activating group) is 1. The van der Waals surface area contributed by atoms with Crippen molar-refractivity contribution in [1.29, 1.82) is 0 Å². The number of pyridine rings is 1. The molecule has 1 aliphatic carbocycles. The summed E-state index contributed by atoms with van der Waals surface area (Å²) in [6, 6.07) is 9.39. The lowest BCUT2D eigenvalue weighted by molar-refractivity contribution is -0.176. The molecule has 3 aliphatic heterocycles. The van der Waals surface area contributed by atoms with Crippen LogP contribution in [-0.4, -0.2) is 74.2 Å². The van der Waals surface area contributed by atoms with Crippen LogP contribution < -0.4 is 19.9 Å². The molecule has 0 unspecified atom stereocenters. The Kier molecular flexibility index (Phi) is 5.98. The highest BCUT2D eigenvalue weighted by Crippen LogP contribution is 2.41. The molecule has 0 bridgehead atoms. The van der Waals surface area contributed by atoms with Crippen molar-refractivity contribution in [1.82, 2.24) is 9.88 Å². The number of hydrogen-bond acceptors (Lipinski definition) is 7. The van der Waals surface area contributed by atoms with Crippen LogP contribution in [0.3, 0.4) is 0 Å². The highest BCUT2D eigenvalue weighted by molar-refractivity contribution is 6.04. The molecule has 1 saturated carbocycles. The zero-order valence-electron chi connectivity index (χ0n) is 21.8. The van der Waals surface area contributed by atoms with Gasteiger partial charge in [0.05, 0.1) is 37.1 Å². The molecule has 0 radical (unpaired) electrons. The molecule has 4 aliphatic rings. The van der Waals surface area contributed by atoms with Crippen molar-refractivity contribution in [3.8, 4) is 5.75 Å². The summed E-state index contributed by atoms with van der Waals surface area (Å²) in [6.45, 7) is 4.98. The van der Waals surface area contributed by atoms with Gasteiger partial charge in [0.15, 0.2) is 5.82 Å². The van der Waals surface area contributed by atoms with Gasteiger partial charge in [0.1, 0.15) is 17.6 Å². The number of carbonyl (C=O) groups is 2. The number of rotatable bonds is 5. The zero-order valence-corrected chi connectivity index (χ0v) is 21.8. The summed E-state index contributed by atoms with van der Waals surface area (Å²) >= 11 is 0. The third-order valence-electron chi connectivity index (χ3n) is 8.40. The monoisotopic (exact) mass is 505 g/mol. The summed E-state index contributed by atoms with van der Waals surface area (Å²) in [5.74, 6) is 2.20. The topological polar surface area (TPSA) is 87.2 Å². The van der Waals surface area contributed by atoms with Crippen LogP contribution in [0, 0.1) is 5.41 Å². The lowest BCUT2D eigenvalue weighted by atomic mass is 9.78. The van der Waals surface area contributed by atoms with Crippen LogP contribution in [0.2, 0.25) is 0 Å². The molecule has 2 aromatic rings. The highest BCUT2D eigenvalue weighted by atomic mass is 16.5. The van der Waals surface area contributed by atoms with E-state index in [0.717, 1.165) is 56.3 Å². The van der Waals surface area contributed by atoms with E-state index < -0.39 is 0 Å². The number of methoxy groups -OCH3 is 1. The lowest BCUT2D eigenvalue weighted by Crippen LogP contribution is -2.67. The van der Waals surface area contributed by atoms with Gasteiger partial charge < -0.3 is 29.5 Å². The Morgan fingerprint density at radius 1 is 1.14 bits per heavy atom. The van der Waals surface area contributed by atoms with Crippen molar-refractivity contribution in [2.24, 2.45) is 5.41 Å². The maximum absolute atomic E-state index is 13.0. The van der Waals surface area contributed by atoms with Crippen LogP contribution in [0.1, 0.15) is 49.4 Å². The molecular weight excluding hydrogens is 470 g/mol. The van der Waals surface area contributed by atoms with Gasteiger partial charge in [-0.3, -0.25) is 9.59 Å². The van der Waals surface area contributed by atoms with Gasteiger partial charge in [-0.2, -0.15) is 0 Å². The first kappa shape index (κ1) is 24.0. The van der Waals surface area contributed by atoms with Gasteiger partial charge >= 0.3 is 0 Å². The van der Waals surface area contributed by atoms with Crippen molar-refractivity contribution in [3.05, 3.63) is 35.9 Å². The number of amides is 2. The fraction of sp³-hybridized carbons (Fsp3) is 0.536. The molecule has 9 heteroatoms. The second-order valence-corrected chi connectivity index (χ2v) is 11.0. The number of hydrogen-bond donors (Lipinski definition) is 1. The van der Waals surface area contributed by atoms with E-state index in [1.54, 1.807) is 18.1 Å². The predicted molar refractivity (Wildman–Crippen MR) is 142 cm³/mol. The fourth-order valence-corrected chi connectivity index (χ4v) is 6.24. The van der Waals surface area contributed by atoms with Crippen LogP contribution in [0.15, 0.2) is 30.3 Å². The number of fused-ring (bicyclic) bond motifs is 1. The van der Waals surface area contributed by atoms with Crippen molar-refractivity contribution in [2.45, 2.75) is 51.1 Å². The van der Waals surface area contributed by atoms with Crippen molar-refractivity contribution in [2.75, 3.05) is 55.6 Å². The molecule has 9 nitrogen and oxygen atoms in total. The van der Waals surface area contributed by atoms with E-state index in [4.69, 9.17) is 14.5 Å². The van der Waals surface area contributed by atoms with E-state index >= 15 is 0 Å². The molecule has 6 rings (SSSR count). The maximum atomic E-state index is 13.0. The normalized spacial score (nSPS) is 22.8. The van der Waals surface area contributed by atoms with E-state index in [-0.39, 0.29) is 23.3 Å². The van der Waals surface area contributed by atoms with Gasteiger partial charge in [-0.05, 0) is 50.1 Å². The van der Waals surface area contributed by atoms with E-state index in [2.05, 4.69) is 10.2 Å². The second kappa shape index (κ2) is 9.20. The van der Waals surface area contributed by atoms with Gasteiger partial charge in [-0.1, -0.05) is 19.3 Å². The molecule has 1 aromatic heterocycles. The number of anilines is 4. The van der Waals surface area contributed by atoms with Crippen LogP contribution in [0.4, 0.5) is 23.0 Å². The highest BCUT2D eigenvalue weighted by Gasteiger charge is 2.50. The molecule has 1 N–H and O–H groups in total. The average Bonchev–Trinajstić information content (AvgIpc) is 2.86. The Morgan fingerprint density at radius 2 is 1.89 bits per heavy atom. The zero-order chi connectivity index (χ0) is 25.7. The van der Waals surface area contributed by atoms with Gasteiger partial charge in [0.2, 0.25) is 5.91 Å². The maximum Gasteiger partial charge on any atom is 0.254 e. The molecule has 4 heterocycles. The fourth-order valence-electron chi connectivity index (χ4n) is 6.24. The Balaban J connectivity index is 1.25. The Labute approximate surface area is 217 Å². The standard InChI is InChI=1S/C28H35N5O4/c1-18-26(34)31(2)22-11-12-24(30-25(22)33(18)20-7-5-4-6-8-20)29-21-10-9-19(13-23(21)36-3)27(35)32-14-28(15-32)16-37-17-28/h9-13,18,20H,4-8,14-17H2,1-3H3,(H,29,30)/t18-/m0/s1. The van der Waals surface area contributed by atoms with Crippen LogP contribution in [0.25, 0.3) is 0 Å². The second-order valence-electron chi connectivity index (χ2n) is 11.0. The number of ether oxygens (including phenoxy) is 2. The molecule has 1 spiro atoms. The summed E-state index contributed by atoms with van der Waals surface area (Å²) in [6.07, 6.45) is 5.77. The van der Waals surface area contributed by atoms with Crippen molar-refractivity contribution in [3.63, 3.8) is 0 Å². The first-order chi connectivity index (χ1) is 17.9. The summed E-state index contributed by atoms with van der Waals surface area (Å²) < 4.78 is 11.0. The van der Waals surface area contributed by atoms with E-state index in [0.29, 0.717) is 23.2 Å². The lowest BCUT2D eigenvalue weighted by Gasteiger charge is -2.54. The summed E-state index contributed by atoms with van der Waals surface area (Å²) in [5.41, 5.74) is 2.35. The average molecular weight is 506 g/mol. The van der Waals surface area contributed by atoms with Crippen molar-refractivity contribution < 1.29 is 19.1 Å². The molecule has 1 atom stereocenters. The number of likely N-dealkylation sites (tertiary alicyclic amines) is 1. The molecule has 2 saturated heterocycles. The van der Waals surface area contributed by atoms with E-state index in [1.807, 2.05) is 43.1 Å². The summed E-state index contributed by atoms with van der Waals surface area (Å²) in [5, 5.41) is 3.38. The minimum Gasteiger partial charge on any atom is -0.495 e. The van der Waals surface area contributed by atoms with E-state index in [1.165, 1.54) is 19.3 Å². The van der Waals surface area contributed by atoms with Crippen LogP contribution in [0.5, 0.6) is 5.75 Å². The van der Waals surface area contributed by atoms with Crippen LogP contribution in [-0.2, 0) is 9.53 Å². The number of nitrogens with zero attached hydrogens (tertiary/aromatic N) is 4. The third kappa shape index (κ3) is 4.09. The first-order valence-electron chi connectivity index (χ1n) is 13.3. The van der Waals surface area contributed by atoms with Gasteiger partial charge in [-0.15, -0.1) is 0 Å². The summed E-state index contributed by atoms with van der Waals surface area (Å²) in [4.78, 5) is 36.8. The van der Waals surface area contributed by atoms with Crippen molar-refractivity contribution >= 4 is 34.8 Å². The van der Waals surface area contributed by atoms with Gasteiger partial charge in [0.25, 0.3) is 5.91 Å². The minimum atomic E-state index is -0.254. The van der Waals surface area contributed by atoms with Gasteiger partial charge in [0, 0.05) is 31.7 Å². The largest absolute Gasteiger partial charge is 0.495 e. The third-order valence-corrected chi connectivity index (χ3v) is 8.40. The molecule has 3 fully saturated rings. The summed E-state index contributed by atoms with van der Waals surface area (Å²) in [7, 11) is 3.42. The number of benzene rings is 1. The van der Waals surface area contributed by atoms with Gasteiger partial charge in [-0.25, -0.2) is 4.98 Å². The Bertz CT molecular complexity index is 1220. The number of aromatic nitrogens is 1. The van der Waals surface area contributed by atoms with E-state index in [9.17, 15) is 9.59 Å². The first-order valence-corrected chi connectivity index (χ1v) is 13.3. The number of nitrogens with one attached hydrogen (secondary N) is 1. The molecule has 196 valence electrons. The quantitative estimate of drug-likeness (QED) is 0.661.